The highest BCUT2D eigenvalue weighted by Crippen LogP contribution is 2.28. The van der Waals surface area contributed by atoms with Crippen molar-refractivity contribution >= 4 is 66.9 Å². The van der Waals surface area contributed by atoms with Crippen LogP contribution in [0.2, 0.25) is 0 Å². The molecule has 0 aliphatic rings. The average molecular weight is 444 g/mol. The lowest BCUT2D eigenvalue weighted by Crippen LogP contribution is -2.33. The predicted octanol–water partition coefficient (Wildman–Crippen LogP) is 4.45. The van der Waals surface area contributed by atoms with Crippen LogP contribution in [0, 0.1) is 4.77 Å². The molecule has 0 spiro atoms. The molecule has 0 atom stereocenters. The van der Waals surface area contributed by atoms with E-state index in [9.17, 15) is 9.59 Å². The van der Waals surface area contributed by atoms with Crippen molar-refractivity contribution in [2.45, 2.75) is 26.7 Å². The number of rotatable bonds is 4. The van der Waals surface area contributed by atoms with Crippen LogP contribution >= 0.6 is 50.8 Å². The highest BCUT2D eigenvalue weighted by Gasteiger charge is 2.15. The van der Waals surface area contributed by atoms with Crippen LogP contribution in [0.1, 0.15) is 33.3 Å². The van der Waals surface area contributed by atoms with Crippen molar-refractivity contribution in [2.24, 2.45) is 0 Å². The first kappa shape index (κ1) is 17.5. The number of carbonyl (C=O) groups excluding carboxylic acids is 1. The molecular formula is C15H14BrN3O2S3. The molecule has 0 aliphatic heterocycles. The van der Waals surface area contributed by atoms with Crippen LogP contribution in [0.15, 0.2) is 21.4 Å². The summed E-state index contributed by atoms with van der Waals surface area (Å²) in [5.74, 6) is -0.354. The Morgan fingerprint density at radius 3 is 2.71 bits per heavy atom. The van der Waals surface area contributed by atoms with E-state index in [1.807, 2.05) is 19.9 Å². The fraction of sp³-hybridized carbons (Fsp3) is 0.267. The van der Waals surface area contributed by atoms with Crippen molar-refractivity contribution in [3.8, 4) is 0 Å². The predicted molar refractivity (Wildman–Crippen MR) is 106 cm³/mol. The quantitative estimate of drug-likeness (QED) is 0.585. The Kier molecular flexibility index (Phi) is 5.05. The first-order valence-electron chi connectivity index (χ1n) is 7.31. The van der Waals surface area contributed by atoms with Gasteiger partial charge in [0.15, 0.2) is 0 Å². The normalized spacial score (nSPS) is 11.1. The molecule has 3 aromatic heterocycles. The van der Waals surface area contributed by atoms with Crippen molar-refractivity contribution in [1.29, 1.82) is 0 Å². The molecule has 0 radical (unpaired) electrons. The van der Waals surface area contributed by atoms with E-state index < -0.39 is 0 Å². The molecule has 0 saturated heterocycles. The zero-order valence-corrected chi connectivity index (χ0v) is 17.0. The summed E-state index contributed by atoms with van der Waals surface area (Å²) < 4.78 is 2.18. The molecule has 24 heavy (non-hydrogen) atoms. The number of nitrogens with one attached hydrogen (secondary N) is 2. The van der Waals surface area contributed by atoms with Crippen LogP contribution in [0.5, 0.6) is 0 Å². The van der Waals surface area contributed by atoms with E-state index in [0.29, 0.717) is 10.3 Å². The zero-order valence-electron chi connectivity index (χ0n) is 12.9. The summed E-state index contributed by atoms with van der Waals surface area (Å²) >= 11 is 11.6. The molecule has 2 N–H and O–H groups in total. The zero-order chi connectivity index (χ0) is 17.4. The minimum Gasteiger partial charge on any atom is -0.322 e. The van der Waals surface area contributed by atoms with Crippen LogP contribution in [-0.2, 0) is 12.8 Å². The van der Waals surface area contributed by atoms with Gasteiger partial charge in [-0.3, -0.25) is 15.0 Å². The number of thiophene rings is 2. The molecule has 1 amide bonds. The largest absolute Gasteiger partial charge is 0.322 e. The fourth-order valence-electron chi connectivity index (χ4n) is 2.25. The molecule has 5 nitrogen and oxygen atoms in total. The Bertz CT molecular complexity index is 1040. The van der Waals surface area contributed by atoms with E-state index >= 15 is 0 Å². The third-order valence-electron chi connectivity index (χ3n) is 3.50. The van der Waals surface area contributed by atoms with Crippen molar-refractivity contribution in [1.82, 2.24) is 9.66 Å². The topological polar surface area (TPSA) is 66.9 Å². The van der Waals surface area contributed by atoms with Crippen LogP contribution < -0.4 is 11.0 Å². The molecule has 0 saturated carbocycles. The van der Waals surface area contributed by atoms with Gasteiger partial charge in [-0.2, -0.15) is 4.68 Å². The molecule has 0 fully saturated rings. The fourth-order valence-corrected chi connectivity index (χ4v) is 5.32. The van der Waals surface area contributed by atoms with Crippen molar-refractivity contribution < 1.29 is 4.79 Å². The number of hydrogen-bond acceptors (Lipinski definition) is 5. The summed E-state index contributed by atoms with van der Waals surface area (Å²) in [6, 6.07) is 3.60. The number of nitrogens with zero attached hydrogens (tertiary/aromatic N) is 1. The summed E-state index contributed by atoms with van der Waals surface area (Å²) in [5.41, 5.74) is 2.29. The van der Waals surface area contributed by atoms with Gasteiger partial charge in [0.1, 0.15) is 4.83 Å². The van der Waals surface area contributed by atoms with Crippen molar-refractivity contribution in [2.75, 3.05) is 5.43 Å². The second-order valence-corrected chi connectivity index (χ2v) is 8.57. The van der Waals surface area contributed by atoms with Gasteiger partial charge in [0.25, 0.3) is 11.5 Å². The Hall–Kier alpha value is -1.29. The number of aryl methyl sites for hydroxylation is 2. The Morgan fingerprint density at radius 1 is 1.33 bits per heavy atom. The lowest BCUT2D eigenvalue weighted by atomic mass is 10.3. The number of aromatic nitrogens is 2. The standard InChI is InChI=1S/C15H14BrN3O2S3/c1-3-7-5-8-13(23-7)17-15(22)19(14(8)21)18-12(20)11-6-9(16)10(4-2)24-11/h5-6H,3-4H2,1-2H3,(H,17,22)(H,18,20). The van der Waals surface area contributed by atoms with E-state index in [0.717, 1.165) is 36.6 Å². The van der Waals surface area contributed by atoms with E-state index in [1.54, 1.807) is 6.07 Å². The van der Waals surface area contributed by atoms with E-state index in [1.165, 1.54) is 22.7 Å². The number of carbonyl (C=O) groups is 1. The van der Waals surface area contributed by atoms with Gasteiger partial charge in [0.05, 0.1) is 10.3 Å². The van der Waals surface area contributed by atoms with Gasteiger partial charge in [-0.25, -0.2) is 0 Å². The number of hydrogen-bond donors (Lipinski definition) is 2. The molecule has 0 aromatic carbocycles. The molecule has 126 valence electrons. The Balaban J connectivity index is 2.01. The third-order valence-corrected chi connectivity index (χ3v) is 7.23. The van der Waals surface area contributed by atoms with Crippen LogP contribution in [0.25, 0.3) is 10.2 Å². The molecule has 3 rings (SSSR count). The SMILES string of the molecule is CCc1cc2c(=O)n(NC(=O)c3cc(Br)c(CC)s3)c(=S)[nH]c2s1. The van der Waals surface area contributed by atoms with Crippen LogP contribution in [0.3, 0.4) is 0 Å². The number of amides is 1. The second-order valence-electron chi connectivity index (χ2n) is 5.06. The molecule has 0 bridgehead atoms. The van der Waals surface area contributed by atoms with E-state index in [2.05, 4.69) is 26.3 Å². The highest BCUT2D eigenvalue weighted by atomic mass is 79.9. The summed E-state index contributed by atoms with van der Waals surface area (Å²) in [4.78, 5) is 31.5. The first-order chi connectivity index (χ1) is 11.4. The molecule has 0 unspecified atom stereocenters. The summed E-state index contributed by atoms with van der Waals surface area (Å²) in [6.45, 7) is 4.05. The third kappa shape index (κ3) is 3.13. The molecule has 9 heteroatoms. The Morgan fingerprint density at radius 2 is 2.08 bits per heavy atom. The summed E-state index contributed by atoms with van der Waals surface area (Å²) in [6.07, 6.45) is 1.67. The lowest BCUT2D eigenvalue weighted by Gasteiger charge is -2.07. The molecular weight excluding hydrogens is 430 g/mol. The van der Waals surface area contributed by atoms with Gasteiger partial charge in [-0.1, -0.05) is 13.8 Å². The van der Waals surface area contributed by atoms with Gasteiger partial charge in [0, 0.05) is 14.2 Å². The van der Waals surface area contributed by atoms with Gasteiger partial charge in [-0.15, -0.1) is 22.7 Å². The minimum absolute atomic E-state index is 0.177. The molecule has 3 aromatic rings. The molecule has 3 heterocycles. The van der Waals surface area contributed by atoms with E-state index in [4.69, 9.17) is 12.2 Å². The van der Waals surface area contributed by atoms with Crippen molar-refractivity contribution in [3.05, 3.63) is 46.4 Å². The number of aromatic amines is 1. The van der Waals surface area contributed by atoms with E-state index in [-0.39, 0.29) is 16.2 Å². The first-order valence-corrected chi connectivity index (χ1v) is 10.1. The van der Waals surface area contributed by atoms with Gasteiger partial charge >= 0.3 is 0 Å². The maximum atomic E-state index is 12.6. The highest BCUT2D eigenvalue weighted by molar-refractivity contribution is 9.10. The smallest absolute Gasteiger partial charge is 0.282 e. The van der Waals surface area contributed by atoms with Gasteiger partial charge < -0.3 is 4.98 Å². The number of H-pyrrole nitrogens is 1. The number of halogens is 1. The van der Waals surface area contributed by atoms with Gasteiger partial charge in [0.2, 0.25) is 4.77 Å². The summed E-state index contributed by atoms with van der Waals surface area (Å²) in [7, 11) is 0. The minimum atomic E-state index is -0.354. The Labute approximate surface area is 159 Å². The molecule has 0 aliphatic carbocycles. The van der Waals surface area contributed by atoms with Crippen LogP contribution in [0.4, 0.5) is 0 Å². The van der Waals surface area contributed by atoms with Gasteiger partial charge in [-0.05, 0) is 53.1 Å². The lowest BCUT2D eigenvalue weighted by molar-refractivity contribution is 0.101. The second kappa shape index (κ2) is 6.91. The number of fused-ring (bicyclic) bond motifs is 1. The maximum Gasteiger partial charge on any atom is 0.282 e. The van der Waals surface area contributed by atoms with Crippen LogP contribution in [-0.4, -0.2) is 15.6 Å². The average Bonchev–Trinajstić information content (AvgIpc) is 3.14. The monoisotopic (exact) mass is 443 g/mol. The van der Waals surface area contributed by atoms with Crippen molar-refractivity contribution in [3.63, 3.8) is 0 Å². The summed E-state index contributed by atoms with van der Waals surface area (Å²) in [5, 5.41) is 0.535. The maximum absolute atomic E-state index is 12.6.